The number of nitriles is 1. The summed E-state index contributed by atoms with van der Waals surface area (Å²) >= 11 is 6.01. The van der Waals surface area contributed by atoms with Crippen molar-refractivity contribution in [3.8, 4) is 11.8 Å². The first-order valence-corrected chi connectivity index (χ1v) is 10.1. The van der Waals surface area contributed by atoms with E-state index >= 15 is 0 Å². The van der Waals surface area contributed by atoms with Gasteiger partial charge in [0.15, 0.2) is 0 Å². The predicted octanol–water partition coefficient (Wildman–Crippen LogP) is 5.84. The molecule has 31 heavy (non-hydrogen) atoms. The molecule has 4 aromatic rings. The first kappa shape index (κ1) is 20.4. The first-order chi connectivity index (χ1) is 15.0. The number of pyridine rings is 1. The van der Waals surface area contributed by atoms with E-state index in [0.717, 1.165) is 33.5 Å². The Hall–Kier alpha value is -3.88. The van der Waals surface area contributed by atoms with E-state index in [-0.39, 0.29) is 5.57 Å². The number of nitrogens with one attached hydrogen (secondary N) is 1. The van der Waals surface area contributed by atoms with E-state index in [1.54, 1.807) is 18.3 Å². The van der Waals surface area contributed by atoms with E-state index in [0.29, 0.717) is 10.7 Å². The average Bonchev–Trinajstić information content (AvgIpc) is 3.05. The number of anilines is 1. The van der Waals surface area contributed by atoms with Crippen LogP contribution in [0, 0.1) is 25.2 Å². The molecule has 4 rings (SSSR count). The number of carbonyl (C=O) groups excluding carboxylic acids is 1. The molecule has 0 bridgehead atoms. The smallest absolute Gasteiger partial charge is 0.266 e. The summed E-state index contributed by atoms with van der Waals surface area (Å²) in [5, 5.41) is 14.0. The summed E-state index contributed by atoms with van der Waals surface area (Å²) in [5.74, 6) is -0.463. The third-order valence-electron chi connectivity index (χ3n) is 5.11. The number of fused-ring (bicyclic) bond motifs is 1. The Kier molecular flexibility index (Phi) is 5.57. The maximum atomic E-state index is 12.9. The molecular formula is C25H19ClN4O. The molecule has 0 saturated heterocycles. The van der Waals surface area contributed by atoms with Crippen LogP contribution in [0.5, 0.6) is 0 Å². The van der Waals surface area contributed by atoms with Crippen molar-refractivity contribution < 1.29 is 4.79 Å². The molecule has 1 amide bonds. The lowest BCUT2D eigenvalue weighted by Crippen LogP contribution is -2.13. The molecule has 0 saturated carbocycles. The normalized spacial score (nSPS) is 11.4. The zero-order valence-electron chi connectivity index (χ0n) is 17.1. The number of benzene rings is 2. The number of rotatable bonds is 4. The summed E-state index contributed by atoms with van der Waals surface area (Å²) in [6.45, 7) is 3.94. The molecule has 0 radical (unpaired) electrons. The molecule has 0 spiro atoms. The number of aryl methyl sites for hydroxylation is 1. The van der Waals surface area contributed by atoms with Crippen LogP contribution >= 0.6 is 11.6 Å². The zero-order chi connectivity index (χ0) is 22.0. The second kappa shape index (κ2) is 8.47. The Labute approximate surface area is 185 Å². The van der Waals surface area contributed by atoms with Gasteiger partial charge in [0.2, 0.25) is 0 Å². The zero-order valence-corrected chi connectivity index (χ0v) is 17.8. The third kappa shape index (κ3) is 4.07. The van der Waals surface area contributed by atoms with Gasteiger partial charge in [-0.05, 0) is 80.1 Å². The van der Waals surface area contributed by atoms with E-state index in [1.807, 2.05) is 74.5 Å². The molecular weight excluding hydrogens is 408 g/mol. The number of hydrogen-bond donors (Lipinski definition) is 1. The van der Waals surface area contributed by atoms with Gasteiger partial charge < -0.3 is 9.88 Å². The summed E-state index contributed by atoms with van der Waals surface area (Å²) in [6.07, 6.45) is 3.32. The van der Waals surface area contributed by atoms with Crippen LogP contribution < -0.4 is 5.32 Å². The number of aromatic nitrogens is 2. The fourth-order valence-electron chi connectivity index (χ4n) is 3.63. The number of carbonyl (C=O) groups is 1. The molecule has 1 N–H and O–H groups in total. The van der Waals surface area contributed by atoms with Gasteiger partial charge >= 0.3 is 0 Å². The monoisotopic (exact) mass is 426 g/mol. The molecule has 0 atom stereocenters. The largest absolute Gasteiger partial charge is 0.321 e. The summed E-state index contributed by atoms with van der Waals surface area (Å²) in [6, 6.07) is 20.7. The molecule has 0 unspecified atom stereocenters. The molecule has 0 aliphatic rings. The summed E-state index contributed by atoms with van der Waals surface area (Å²) in [4.78, 5) is 17.2. The van der Waals surface area contributed by atoms with Gasteiger partial charge in [-0.15, -0.1) is 0 Å². The number of halogens is 1. The number of hydrogen-bond acceptors (Lipinski definition) is 3. The Morgan fingerprint density at radius 2 is 1.90 bits per heavy atom. The van der Waals surface area contributed by atoms with Crippen molar-refractivity contribution in [2.24, 2.45) is 0 Å². The van der Waals surface area contributed by atoms with Crippen molar-refractivity contribution in [3.63, 3.8) is 0 Å². The Bertz CT molecular complexity index is 1360. The van der Waals surface area contributed by atoms with Crippen molar-refractivity contribution in [2.45, 2.75) is 13.8 Å². The fourth-order valence-corrected chi connectivity index (χ4v) is 3.75. The Morgan fingerprint density at radius 1 is 1.13 bits per heavy atom. The first-order valence-electron chi connectivity index (χ1n) is 9.69. The SMILES string of the molecule is Cc1cc(/C=C(/C#N)C(=O)Nc2cccc3ncccc23)c(C)n1-c1ccc(Cl)cc1. The van der Waals surface area contributed by atoms with Crippen LogP contribution in [-0.2, 0) is 4.79 Å². The molecule has 0 fully saturated rings. The lowest BCUT2D eigenvalue weighted by atomic mass is 10.1. The van der Waals surface area contributed by atoms with Crippen LogP contribution in [0.1, 0.15) is 17.0 Å². The fraction of sp³-hybridized carbons (Fsp3) is 0.0800. The van der Waals surface area contributed by atoms with Crippen molar-refractivity contribution in [2.75, 3.05) is 5.32 Å². The molecule has 2 aromatic heterocycles. The van der Waals surface area contributed by atoms with Crippen molar-refractivity contribution in [1.29, 1.82) is 5.26 Å². The van der Waals surface area contributed by atoms with Gasteiger partial charge in [-0.1, -0.05) is 17.7 Å². The quantitative estimate of drug-likeness (QED) is 0.329. The highest BCUT2D eigenvalue weighted by atomic mass is 35.5. The highest BCUT2D eigenvalue weighted by molar-refractivity contribution is 6.30. The van der Waals surface area contributed by atoms with Crippen LogP contribution in [0.3, 0.4) is 0 Å². The van der Waals surface area contributed by atoms with E-state index in [9.17, 15) is 10.1 Å². The second-order valence-corrected chi connectivity index (χ2v) is 7.57. The van der Waals surface area contributed by atoms with Crippen molar-refractivity contribution >= 4 is 40.2 Å². The maximum absolute atomic E-state index is 12.9. The summed E-state index contributed by atoms with van der Waals surface area (Å²) in [5.41, 5.74) is 5.09. The predicted molar refractivity (Wildman–Crippen MR) is 124 cm³/mol. The van der Waals surface area contributed by atoms with Crippen LogP contribution in [0.4, 0.5) is 5.69 Å². The van der Waals surface area contributed by atoms with Gasteiger partial charge in [-0.2, -0.15) is 5.26 Å². The molecule has 2 aromatic carbocycles. The molecule has 0 aliphatic carbocycles. The van der Waals surface area contributed by atoms with Gasteiger partial charge in [0.25, 0.3) is 5.91 Å². The van der Waals surface area contributed by atoms with Crippen molar-refractivity contribution in [1.82, 2.24) is 9.55 Å². The van der Waals surface area contributed by atoms with E-state index < -0.39 is 5.91 Å². The second-order valence-electron chi connectivity index (χ2n) is 7.14. The molecule has 2 heterocycles. The maximum Gasteiger partial charge on any atom is 0.266 e. The van der Waals surface area contributed by atoms with E-state index in [2.05, 4.69) is 14.9 Å². The Balaban J connectivity index is 1.67. The van der Waals surface area contributed by atoms with Crippen LogP contribution in [-0.4, -0.2) is 15.5 Å². The standard InChI is InChI=1S/C25H19ClN4O/c1-16-13-18(17(2)30(16)21-10-8-20(26)9-11-21)14-19(15-27)25(31)29-24-7-3-6-23-22(24)5-4-12-28-23/h3-14H,1-2H3,(H,29,31)/b19-14-. The Morgan fingerprint density at radius 3 is 2.65 bits per heavy atom. The van der Waals surface area contributed by atoms with E-state index in [4.69, 9.17) is 11.6 Å². The summed E-state index contributed by atoms with van der Waals surface area (Å²) < 4.78 is 2.06. The minimum absolute atomic E-state index is 0.0252. The molecule has 152 valence electrons. The third-order valence-corrected chi connectivity index (χ3v) is 5.37. The molecule has 0 aliphatic heterocycles. The number of nitrogens with zero attached hydrogens (tertiary/aromatic N) is 3. The highest BCUT2D eigenvalue weighted by Gasteiger charge is 2.15. The van der Waals surface area contributed by atoms with E-state index in [1.165, 1.54) is 0 Å². The van der Waals surface area contributed by atoms with Gasteiger partial charge in [-0.25, -0.2) is 0 Å². The molecule has 5 nitrogen and oxygen atoms in total. The lowest BCUT2D eigenvalue weighted by molar-refractivity contribution is -0.112. The minimum atomic E-state index is -0.463. The molecule has 6 heteroatoms. The van der Waals surface area contributed by atoms with Crippen molar-refractivity contribution in [3.05, 3.63) is 94.4 Å². The van der Waals surface area contributed by atoms with Gasteiger partial charge in [-0.3, -0.25) is 9.78 Å². The summed E-state index contributed by atoms with van der Waals surface area (Å²) in [7, 11) is 0. The van der Waals surface area contributed by atoms with Crippen LogP contribution in [0.2, 0.25) is 5.02 Å². The topological polar surface area (TPSA) is 70.7 Å². The number of amides is 1. The minimum Gasteiger partial charge on any atom is -0.321 e. The highest BCUT2D eigenvalue weighted by Crippen LogP contribution is 2.25. The van der Waals surface area contributed by atoms with Crippen LogP contribution in [0.25, 0.3) is 22.7 Å². The van der Waals surface area contributed by atoms with Gasteiger partial charge in [0, 0.05) is 33.7 Å². The van der Waals surface area contributed by atoms with Gasteiger partial charge in [0.1, 0.15) is 11.6 Å². The average molecular weight is 427 g/mol. The van der Waals surface area contributed by atoms with Gasteiger partial charge in [0.05, 0.1) is 11.2 Å². The lowest BCUT2D eigenvalue weighted by Gasteiger charge is -2.10. The van der Waals surface area contributed by atoms with Crippen LogP contribution in [0.15, 0.2) is 72.4 Å².